The number of nitrogens with two attached hydrogens (primary N) is 2. The smallest absolute Gasteiger partial charge is 0.267 e. The average molecular weight is 349 g/mol. The number of primary amides is 2. The zero-order valence-corrected chi connectivity index (χ0v) is 14.4. The van der Waals surface area contributed by atoms with Crippen molar-refractivity contribution in [3.05, 3.63) is 23.0 Å². The van der Waals surface area contributed by atoms with Crippen LogP contribution in [0.15, 0.2) is 6.20 Å². The number of rotatable bonds is 9. The van der Waals surface area contributed by atoms with Gasteiger partial charge in [0.25, 0.3) is 5.91 Å². The van der Waals surface area contributed by atoms with Crippen LogP contribution in [0, 0.1) is 5.92 Å². The van der Waals surface area contributed by atoms with Crippen LogP contribution < -0.4 is 16.2 Å². The van der Waals surface area contributed by atoms with E-state index in [9.17, 15) is 14.0 Å². The van der Waals surface area contributed by atoms with Crippen molar-refractivity contribution < 1.29 is 18.7 Å². The Bertz CT molecular complexity index is 701. The highest BCUT2D eigenvalue weighted by Crippen LogP contribution is 2.55. The molecule has 0 radical (unpaired) electrons. The van der Waals surface area contributed by atoms with Crippen LogP contribution in [0.2, 0.25) is 0 Å². The number of hydrogen-bond acceptors (Lipinski definition) is 4. The molecule has 1 unspecified atom stereocenters. The molecule has 0 aliphatic heterocycles. The van der Waals surface area contributed by atoms with Gasteiger partial charge in [-0.25, -0.2) is 4.39 Å². The highest BCUT2D eigenvalue weighted by Gasteiger charge is 2.48. The molecule has 1 aromatic heterocycles. The second-order valence-electron chi connectivity index (χ2n) is 7.28. The Morgan fingerprint density at radius 1 is 1.32 bits per heavy atom. The number of pyridine rings is 1. The van der Waals surface area contributed by atoms with Crippen molar-refractivity contribution >= 4 is 11.8 Å². The number of amides is 2. The van der Waals surface area contributed by atoms with E-state index in [0.29, 0.717) is 17.2 Å². The van der Waals surface area contributed by atoms with Crippen LogP contribution in [0.3, 0.4) is 0 Å². The quantitative estimate of drug-likeness (QED) is 0.710. The van der Waals surface area contributed by atoms with Gasteiger partial charge in [-0.1, -0.05) is 6.92 Å². The Hall–Kier alpha value is -2.18. The molecule has 136 valence electrons. The summed E-state index contributed by atoms with van der Waals surface area (Å²) < 4.78 is 18.5. The minimum atomic E-state index is -0.695. The number of alkyl halides is 1. The molecule has 2 fully saturated rings. The molecular weight excluding hydrogens is 325 g/mol. The Kier molecular flexibility index (Phi) is 4.67. The fraction of sp³-hybridized carbons (Fsp3) is 0.611. The van der Waals surface area contributed by atoms with Crippen LogP contribution in [0.4, 0.5) is 4.39 Å². The molecule has 2 saturated carbocycles. The van der Waals surface area contributed by atoms with E-state index in [2.05, 4.69) is 4.98 Å². The van der Waals surface area contributed by atoms with Crippen molar-refractivity contribution in [3.8, 4) is 5.75 Å². The van der Waals surface area contributed by atoms with Gasteiger partial charge >= 0.3 is 0 Å². The maximum absolute atomic E-state index is 12.8. The van der Waals surface area contributed by atoms with Gasteiger partial charge in [0, 0.05) is 29.2 Å². The predicted octanol–water partition coefficient (Wildman–Crippen LogP) is 1.95. The molecular formula is C18H24FN3O3. The van der Waals surface area contributed by atoms with Crippen molar-refractivity contribution in [1.29, 1.82) is 0 Å². The summed E-state index contributed by atoms with van der Waals surface area (Å²) in [6.45, 7) is 1.14. The first kappa shape index (κ1) is 17.6. The van der Waals surface area contributed by atoms with E-state index in [4.69, 9.17) is 16.2 Å². The standard InChI is InChI=1S/C18H24FN3O3/c1-18(8-13(20)23,11-4-5-11)14-15(17(21)24)22-9-12(10-2-3-10)16(14)25-7-6-19/h9-11H,2-8H2,1H3,(H2,20,23)(H2,21,24). The average Bonchev–Trinajstić information content (AvgIpc) is 3.42. The topological polar surface area (TPSA) is 108 Å². The number of aromatic nitrogens is 1. The summed E-state index contributed by atoms with van der Waals surface area (Å²) >= 11 is 0. The van der Waals surface area contributed by atoms with E-state index in [1.165, 1.54) is 0 Å². The number of ether oxygens (including phenoxy) is 1. The summed E-state index contributed by atoms with van der Waals surface area (Å²) in [5, 5.41) is 0. The van der Waals surface area contributed by atoms with Crippen molar-refractivity contribution in [3.63, 3.8) is 0 Å². The summed E-state index contributed by atoms with van der Waals surface area (Å²) in [7, 11) is 0. The lowest BCUT2D eigenvalue weighted by Crippen LogP contribution is -2.35. The Labute approximate surface area is 146 Å². The van der Waals surface area contributed by atoms with Gasteiger partial charge in [0.15, 0.2) is 0 Å². The minimum absolute atomic E-state index is 0.0692. The molecule has 25 heavy (non-hydrogen) atoms. The second kappa shape index (κ2) is 6.61. The molecule has 2 aliphatic carbocycles. The lowest BCUT2D eigenvalue weighted by Gasteiger charge is -2.33. The van der Waals surface area contributed by atoms with Gasteiger partial charge in [0.1, 0.15) is 24.7 Å². The lowest BCUT2D eigenvalue weighted by atomic mass is 9.73. The molecule has 3 rings (SSSR count). The van der Waals surface area contributed by atoms with Crippen molar-refractivity contribution in [2.24, 2.45) is 17.4 Å². The second-order valence-corrected chi connectivity index (χ2v) is 7.28. The molecule has 0 bridgehead atoms. The van der Waals surface area contributed by atoms with E-state index < -0.39 is 23.9 Å². The summed E-state index contributed by atoms with van der Waals surface area (Å²) in [4.78, 5) is 28.1. The largest absolute Gasteiger partial charge is 0.490 e. The molecule has 6 nitrogen and oxygen atoms in total. The Balaban J connectivity index is 2.20. The van der Waals surface area contributed by atoms with Crippen molar-refractivity contribution in [2.75, 3.05) is 13.3 Å². The third-order valence-electron chi connectivity index (χ3n) is 5.22. The number of halogens is 1. The van der Waals surface area contributed by atoms with Gasteiger partial charge in [-0.05, 0) is 37.5 Å². The maximum Gasteiger partial charge on any atom is 0.267 e. The molecule has 0 spiro atoms. The zero-order chi connectivity index (χ0) is 18.2. The first-order valence-corrected chi connectivity index (χ1v) is 8.68. The van der Waals surface area contributed by atoms with E-state index in [1.54, 1.807) is 6.20 Å². The first-order valence-electron chi connectivity index (χ1n) is 8.68. The lowest BCUT2D eigenvalue weighted by molar-refractivity contribution is -0.119. The molecule has 1 heterocycles. The molecule has 2 amide bonds. The van der Waals surface area contributed by atoms with Crippen LogP contribution in [0.5, 0.6) is 5.75 Å². The third-order valence-corrected chi connectivity index (χ3v) is 5.22. The van der Waals surface area contributed by atoms with E-state index in [0.717, 1.165) is 31.2 Å². The van der Waals surface area contributed by atoms with Crippen LogP contribution in [-0.4, -0.2) is 30.1 Å². The van der Waals surface area contributed by atoms with Crippen LogP contribution in [0.25, 0.3) is 0 Å². The summed E-state index contributed by atoms with van der Waals surface area (Å²) in [5.41, 5.74) is 11.8. The van der Waals surface area contributed by atoms with Crippen molar-refractivity contribution in [1.82, 2.24) is 4.98 Å². The van der Waals surface area contributed by atoms with Crippen LogP contribution >= 0.6 is 0 Å². The highest BCUT2D eigenvalue weighted by molar-refractivity contribution is 5.94. The normalized spacial score (nSPS) is 19.3. The predicted molar refractivity (Wildman–Crippen MR) is 90.1 cm³/mol. The van der Waals surface area contributed by atoms with E-state index >= 15 is 0 Å². The fourth-order valence-corrected chi connectivity index (χ4v) is 3.73. The van der Waals surface area contributed by atoms with Gasteiger partial charge in [-0.2, -0.15) is 0 Å². The summed E-state index contributed by atoms with van der Waals surface area (Å²) in [5.74, 6) is -0.182. The third kappa shape index (κ3) is 3.45. The van der Waals surface area contributed by atoms with Crippen LogP contribution in [-0.2, 0) is 10.2 Å². The zero-order valence-electron chi connectivity index (χ0n) is 14.4. The summed E-state index contributed by atoms with van der Waals surface area (Å²) in [6, 6.07) is 0. The highest BCUT2D eigenvalue weighted by atomic mass is 19.1. The Morgan fingerprint density at radius 3 is 2.48 bits per heavy atom. The SMILES string of the molecule is CC(CC(N)=O)(c1c(C(N)=O)ncc(C2CC2)c1OCCF)C1CC1. The summed E-state index contributed by atoms with van der Waals surface area (Å²) in [6.07, 6.45) is 5.53. The number of hydrogen-bond donors (Lipinski definition) is 2. The van der Waals surface area contributed by atoms with Crippen LogP contribution in [0.1, 0.15) is 66.6 Å². The molecule has 0 saturated heterocycles. The van der Waals surface area contributed by atoms with Crippen molar-refractivity contribution in [2.45, 2.75) is 50.4 Å². The van der Waals surface area contributed by atoms with Gasteiger partial charge in [0.05, 0.1) is 0 Å². The van der Waals surface area contributed by atoms with Gasteiger partial charge in [-0.3, -0.25) is 14.6 Å². The monoisotopic (exact) mass is 349 g/mol. The number of nitrogens with zero attached hydrogens (tertiary/aromatic N) is 1. The van der Waals surface area contributed by atoms with E-state index in [-0.39, 0.29) is 24.6 Å². The molecule has 4 N–H and O–H groups in total. The first-order chi connectivity index (χ1) is 11.9. The molecule has 7 heteroatoms. The minimum Gasteiger partial charge on any atom is -0.490 e. The molecule has 0 aromatic carbocycles. The number of carbonyl (C=O) groups excluding carboxylic acids is 2. The van der Waals surface area contributed by atoms with E-state index in [1.807, 2.05) is 6.92 Å². The molecule has 1 aromatic rings. The molecule has 2 aliphatic rings. The molecule has 1 atom stereocenters. The van der Waals surface area contributed by atoms with Gasteiger partial charge in [0.2, 0.25) is 5.91 Å². The van der Waals surface area contributed by atoms with Gasteiger partial charge in [-0.15, -0.1) is 0 Å². The Morgan fingerprint density at radius 2 is 2.00 bits per heavy atom. The fourth-order valence-electron chi connectivity index (χ4n) is 3.73. The maximum atomic E-state index is 12.8. The van der Waals surface area contributed by atoms with Gasteiger partial charge < -0.3 is 16.2 Å². The number of carbonyl (C=O) groups is 2.